The number of rotatable bonds is 6. The number of amides is 2. The molecule has 0 heterocycles. The number of sulfone groups is 1. The Morgan fingerprint density at radius 3 is 2.19 bits per heavy atom. The molecule has 3 aromatic carbocycles. The van der Waals surface area contributed by atoms with Crippen LogP contribution >= 0.6 is 0 Å². The van der Waals surface area contributed by atoms with Crippen LogP contribution in [0.3, 0.4) is 0 Å². The van der Waals surface area contributed by atoms with E-state index in [2.05, 4.69) is 10.9 Å². The van der Waals surface area contributed by atoms with Crippen LogP contribution in [0, 0.1) is 0 Å². The van der Waals surface area contributed by atoms with Crippen molar-refractivity contribution < 1.29 is 31.5 Å². The Labute approximate surface area is 176 Å². The van der Waals surface area contributed by atoms with E-state index in [4.69, 9.17) is 4.74 Å². The van der Waals surface area contributed by atoms with E-state index in [-0.39, 0.29) is 5.56 Å². The van der Waals surface area contributed by atoms with Gasteiger partial charge in [0.25, 0.3) is 11.8 Å². The summed E-state index contributed by atoms with van der Waals surface area (Å²) in [4.78, 5) is 23.7. The van der Waals surface area contributed by atoms with E-state index < -0.39 is 38.4 Å². The van der Waals surface area contributed by atoms with Crippen molar-refractivity contribution in [2.75, 3.05) is 0 Å². The first-order chi connectivity index (χ1) is 14.7. The molecule has 0 unspecified atom stereocenters. The fraction of sp³-hybridized carbons (Fsp3) is 0.143. The highest BCUT2D eigenvalue weighted by atomic mass is 32.2. The van der Waals surface area contributed by atoms with Gasteiger partial charge in [-0.25, -0.2) is 8.42 Å². The monoisotopic (exact) mass is 448 g/mol. The second kappa shape index (κ2) is 9.09. The molecule has 3 rings (SSSR count). The van der Waals surface area contributed by atoms with Crippen molar-refractivity contribution in [2.45, 2.75) is 23.7 Å². The summed E-state index contributed by atoms with van der Waals surface area (Å²) < 4.78 is 53.5. The van der Waals surface area contributed by atoms with Crippen molar-refractivity contribution in [1.82, 2.24) is 10.9 Å². The third-order valence-electron chi connectivity index (χ3n) is 4.38. The van der Waals surface area contributed by atoms with E-state index in [1.165, 1.54) is 6.92 Å². The van der Waals surface area contributed by atoms with E-state index >= 15 is 0 Å². The van der Waals surface area contributed by atoms with E-state index in [1.54, 1.807) is 12.1 Å². The molecule has 2 amide bonds. The van der Waals surface area contributed by atoms with Gasteiger partial charge in [-0.05, 0) is 54.1 Å². The summed E-state index contributed by atoms with van der Waals surface area (Å²) in [5, 5.41) is 1.96. The molecule has 0 saturated carbocycles. The van der Waals surface area contributed by atoms with Crippen LogP contribution < -0.4 is 15.6 Å². The van der Waals surface area contributed by atoms with Gasteiger partial charge < -0.3 is 4.74 Å². The number of hydrogen-bond donors (Lipinski definition) is 2. The number of ether oxygens (including phenoxy) is 1. The topological polar surface area (TPSA) is 102 Å². The molecule has 0 aliphatic rings. The molecule has 3 aromatic rings. The Kier molecular flexibility index (Phi) is 6.50. The second-order valence-electron chi connectivity index (χ2n) is 6.54. The van der Waals surface area contributed by atoms with Gasteiger partial charge in [0.2, 0.25) is 9.84 Å². The SMILES string of the molecule is C[C@@H](Oc1ccc2ccccc2c1)C(=O)NNC(=O)c1ccc(S(=O)(=O)C(F)F)cc1. The first-order valence-corrected chi connectivity index (χ1v) is 10.6. The third-order valence-corrected chi connectivity index (χ3v) is 5.78. The maximum atomic E-state index is 12.5. The molecule has 0 saturated heterocycles. The highest BCUT2D eigenvalue weighted by Crippen LogP contribution is 2.21. The van der Waals surface area contributed by atoms with E-state index in [0.717, 1.165) is 35.0 Å². The van der Waals surface area contributed by atoms with Crippen LogP contribution in [0.25, 0.3) is 10.8 Å². The average Bonchev–Trinajstić information content (AvgIpc) is 2.77. The van der Waals surface area contributed by atoms with E-state index in [0.29, 0.717) is 5.75 Å². The summed E-state index contributed by atoms with van der Waals surface area (Å²) in [6, 6.07) is 16.9. The van der Waals surface area contributed by atoms with Gasteiger partial charge in [0.05, 0.1) is 4.90 Å². The normalized spacial score (nSPS) is 12.4. The summed E-state index contributed by atoms with van der Waals surface area (Å²) in [6.45, 7) is 1.50. The molecule has 1 atom stereocenters. The van der Waals surface area contributed by atoms with Crippen molar-refractivity contribution >= 4 is 32.4 Å². The predicted octanol–water partition coefficient (Wildman–Crippen LogP) is 3.06. The lowest BCUT2D eigenvalue weighted by Gasteiger charge is -2.15. The smallest absolute Gasteiger partial charge is 0.341 e. The number of carbonyl (C=O) groups is 2. The van der Waals surface area contributed by atoms with Crippen molar-refractivity contribution in [3.63, 3.8) is 0 Å². The molecular weight excluding hydrogens is 430 g/mol. The quantitative estimate of drug-likeness (QED) is 0.565. The molecule has 2 N–H and O–H groups in total. The molecule has 31 heavy (non-hydrogen) atoms. The Bertz CT molecular complexity index is 1210. The molecule has 0 fully saturated rings. The van der Waals surface area contributed by atoms with Crippen molar-refractivity contribution in [3.8, 4) is 5.75 Å². The number of halogens is 2. The molecule has 0 aromatic heterocycles. The average molecular weight is 448 g/mol. The molecule has 0 spiro atoms. The molecule has 10 heteroatoms. The minimum Gasteiger partial charge on any atom is -0.481 e. The Morgan fingerprint density at radius 1 is 0.903 bits per heavy atom. The summed E-state index contributed by atoms with van der Waals surface area (Å²) in [6.07, 6.45) is -0.931. The number of fused-ring (bicyclic) bond motifs is 1. The zero-order valence-electron chi connectivity index (χ0n) is 16.2. The standard InChI is InChI=1S/C21H18F2N2O5S/c1-13(30-17-9-6-14-4-2-3-5-16(14)12-17)19(26)24-25-20(27)15-7-10-18(11-8-15)31(28,29)21(22)23/h2-13,21H,1H3,(H,24,26)(H,25,27)/t13-/m1/s1. The van der Waals surface area contributed by atoms with Crippen molar-refractivity contribution in [1.29, 1.82) is 0 Å². The van der Waals surface area contributed by atoms with Crippen LogP contribution in [0.15, 0.2) is 71.6 Å². The van der Waals surface area contributed by atoms with Crippen LogP contribution in [-0.4, -0.2) is 32.1 Å². The number of hydrogen-bond acceptors (Lipinski definition) is 5. The highest BCUT2D eigenvalue weighted by molar-refractivity contribution is 7.91. The fourth-order valence-corrected chi connectivity index (χ4v) is 3.41. The van der Waals surface area contributed by atoms with Gasteiger partial charge in [0.1, 0.15) is 5.75 Å². The maximum absolute atomic E-state index is 12.5. The number of benzene rings is 3. The number of hydrazine groups is 1. The van der Waals surface area contributed by atoms with Crippen LogP contribution in [0.4, 0.5) is 8.78 Å². The third kappa shape index (κ3) is 5.15. The Balaban J connectivity index is 1.57. The van der Waals surface area contributed by atoms with Gasteiger partial charge in [-0.15, -0.1) is 0 Å². The summed E-state index contributed by atoms with van der Waals surface area (Å²) >= 11 is 0. The second-order valence-corrected chi connectivity index (χ2v) is 8.46. The first kappa shape index (κ1) is 22.2. The van der Waals surface area contributed by atoms with Crippen molar-refractivity contribution in [2.24, 2.45) is 0 Å². The highest BCUT2D eigenvalue weighted by Gasteiger charge is 2.26. The number of alkyl halides is 2. The fourth-order valence-electron chi connectivity index (χ4n) is 2.69. The number of nitrogens with one attached hydrogen (secondary N) is 2. The maximum Gasteiger partial charge on any atom is 0.341 e. The van der Waals surface area contributed by atoms with Gasteiger partial charge in [0, 0.05) is 5.56 Å². The zero-order chi connectivity index (χ0) is 22.6. The van der Waals surface area contributed by atoms with Crippen LogP contribution in [0.1, 0.15) is 17.3 Å². The molecule has 0 aliphatic heterocycles. The summed E-state index contributed by atoms with van der Waals surface area (Å²) in [7, 11) is -4.75. The molecule has 7 nitrogen and oxygen atoms in total. The first-order valence-electron chi connectivity index (χ1n) is 9.06. The van der Waals surface area contributed by atoms with Gasteiger partial charge in [-0.3, -0.25) is 20.4 Å². The lowest BCUT2D eigenvalue weighted by atomic mass is 10.1. The lowest BCUT2D eigenvalue weighted by Crippen LogP contribution is -2.47. The summed E-state index contributed by atoms with van der Waals surface area (Å²) in [5.41, 5.74) is 4.33. The minimum atomic E-state index is -4.75. The van der Waals surface area contributed by atoms with Crippen LogP contribution in [-0.2, 0) is 14.6 Å². The van der Waals surface area contributed by atoms with Gasteiger partial charge in [-0.2, -0.15) is 8.78 Å². The van der Waals surface area contributed by atoms with Gasteiger partial charge >= 0.3 is 5.76 Å². The van der Waals surface area contributed by atoms with Crippen LogP contribution in [0.5, 0.6) is 5.75 Å². The van der Waals surface area contributed by atoms with Crippen molar-refractivity contribution in [3.05, 3.63) is 72.3 Å². The Morgan fingerprint density at radius 2 is 1.55 bits per heavy atom. The van der Waals surface area contributed by atoms with E-state index in [9.17, 15) is 26.8 Å². The van der Waals surface area contributed by atoms with Crippen LogP contribution in [0.2, 0.25) is 0 Å². The zero-order valence-corrected chi connectivity index (χ0v) is 17.0. The predicted molar refractivity (Wildman–Crippen MR) is 109 cm³/mol. The minimum absolute atomic E-state index is 0.0309. The largest absolute Gasteiger partial charge is 0.481 e. The lowest BCUT2D eigenvalue weighted by molar-refractivity contribution is -0.128. The molecule has 0 aliphatic carbocycles. The van der Waals surface area contributed by atoms with Gasteiger partial charge in [0.15, 0.2) is 6.10 Å². The molecular formula is C21H18F2N2O5S. The molecule has 162 valence electrons. The summed E-state index contributed by atoms with van der Waals surface area (Å²) in [5.74, 6) is -4.47. The number of carbonyl (C=O) groups excluding carboxylic acids is 2. The van der Waals surface area contributed by atoms with Gasteiger partial charge in [-0.1, -0.05) is 30.3 Å². The Hall–Kier alpha value is -3.53. The van der Waals surface area contributed by atoms with E-state index in [1.807, 2.05) is 30.3 Å². The molecule has 0 bridgehead atoms. The molecule has 0 radical (unpaired) electrons.